The Labute approximate surface area is 87.9 Å². The molecule has 0 aliphatic rings. The summed E-state index contributed by atoms with van der Waals surface area (Å²) in [5.74, 6) is -1.66. The second-order valence-electron chi connectivity index (χ2n) is 2.51. The largest absolute Gasteiger partial charge is 0.468 e. The molecule has 1 heterocycles. The molecule has 9 nitrogen and oxygen atoms in total. The van der Waals surface area contributed by atoms with E-state index in [2.05, 4.69) is 20.1 Å². The molecule has 0 saturated carbocycles. The maximum absolute atomic E-state index is 11.2. The third kappa shape index (κ3) is 2.61. The first-order valence-corrected chi connectivity index (χ1v) is 3.92. The number of hydrogen-bond acceptors (Lipinski definition) is 3. The highest BCUT2D eigenvalue weighted by atomic mass is 16.3. The zero-order chi connectivity index (χ0) is 12.0. The van der Waals surface area contributed by atoms with E-state index in [4.69, 9.17) is 15.5 Å². The number of hydrogen-bond donors (Lipinski definition) is 0. The van der Waals surface area contributed by atoms with Crippen LogP contribution in [0.4, 0.5) is 0 Å². The predicted molar refractivity (Wildman–Crippen MR) is 50.0 cm³/mol. The highest BCUT2D eigenvalue weighted by Crippen LogP contribution is 2.13. The van der Waals surface area contributed by atoms with E-state index in [1.54, 1.807) is 0 Å². The third-order valence-electron chi connectivity index (χ3n) is 1.58. The van der Waals surface area contributed by atoms with Crippen LogP contribution in [0.25, 0.3) is 20.9 Å². The quantitative estimate of drug-likeness (QED) is 0.436. The van der Waals surface area contributed by atoms with Gasteiger partial charge in [0.25, 0.3) is 5.91 Å². The van der Waals surface area contributed by atoms with Gasteiger partial charge in [-0.3, -0.25) is 9.59 Å². The van der Waals surface area contributed by atoms with Crippen LogP contribution in [-0.2, 0) is 11.2 Å². The van der Waals surface area contributed by atoms with Gasteiger partial charge in [0, 0.05) is 9.82 Å². The number of azide groups is 2. The number of rotatable bonds is 3. The van der Waals surface area contributed by atoms with Crippen molar-refractivity contribution < 1.29 is 14.0 Å². The summed E-state index contributed by atoms with van der Waals surface area (Å²) in [7, 11) is 0. The van der Waals surface area contributed by atoms with Gasteiger partial charge in [-0.2, -0.15) is 0 Å². The highest BCUT2D eigenvalue weighted by Gasteiger charge is 2.15. The lowest BCUT2D eigenvalue weighted by molar-refractivity contribution is -0.117. The summed E-state index contributed by atoms with van der Waals surface area (Å²) in [6.45, 7) is 0. The van der Waals surface area contributed by atoms with Gasteiger partial charge in [-0.05, 0) is 27.4 Å². The Hall–Kier alpha value is -2.76. The van der Waals surface area contributed by atoms with Crippen LogP contribution in [0.5, 0.6) is 0 Å². The van der Waals surface area contributed by atoms with Crippen LogP contribution in [0.1, 0.15) is 16.1 Å². The van der Waals surface area contributed by atoms with E-state index in [1.165, 1.54) is 12.3 Å². The molecule has 2 amide bonds. The van der Waals surface area contributed by atoms with Gasteiger partial charge in [-0.15, -0.1) is 0 Å². The molecule has 0 bridgehead atoms. The smallest absolute Gasteiger partial charge is 0.252 e. The summed E-state index contributed by atoms with van der Waals surface area (Å²) in [6, 6.07) is 1.26. The van der Waals surface area contributed by atoms with Gasteiger partial charge >= 0.3 is 0 Å². The topological polar surface area (TPSA) is 145 Å². The Kier molecular flexibility index (Phi) is 3.68. The average Bonchev–Trinajstić information content (AvgIpc) is 2.66. The summed E-state index contributed by atoms with van der Waals surface area (Å²) in [6.07, 6.45) is 0.803. The fourth-order valence-electron chi connectivity index (χ4n) is 0.985. The first-order chi connectivity index (χ1) is 7.69. The van der Waals surface area contributed by atoms with Gasteiger partial charge in [0.1, 0.15) is 5.76 Å². The lowest BCUT2D eigenvalue weighted by atomic mass is 10.2. The van der Waals surface area contributed by atoms with Crippen LogP contribution in [0, 0.1) is 0 Å². The standard InChI is InChI=1S/C7H4N6O3/c8-12-10-6(14)3-5-4(1-2-16-5)7(15)11-13-9/h1-2H,3H2. The van der Waals surface area contributed by atoms with Crippen molar-refractivity contribution in [1.29, 1.82) is 0 Å². The van der Waals surface area contributed by atoms with E-state index in [9.17, 15) is 9.59 Å². The van der Waals surface area contributed by atoms with Crippen molar-refractivity contribution >= 4 is 11.8 Å². The minimum absolute atomic E-state index is 0.00481. The first kappa shape index (κ1) is 11.3. The molecule has 0 aromatic carbocycles. The van der Waals surface area contributed by atoms with Gasteiger partial charge in [-0.1, -0.05) is 0 Å². The Morgan fingerprint density at radius 2 is 2.00 bits per heavy atom. The van der Waals surface area contributed by atoms with Crippen LogP contribution in [0.3, 0.4) is 0 Å². The number of carbonyl (C=O) groups excluding carboxylic acids is 2. The maximum Gasteiger partial charge on any atom is 0.252 e. The molecule has 9 heteroatoms. The van der Waals surface area contributed by atoms with Crippen LogP contribution in [-0.4, -0.2) is 11.8 Å². The molecule has 0 N–H and O–H groups in total. The molecule has 80 valence electrons. The fraction of sp³-hybridized carbons (Fsp3) is 0.143. The Bertz CT molecular complexity index is 520. The van der Waals surface area contributed by atoms with Crippen molar-refractivity contribution in [3.05, 3.63) is 44.5 Å². The van der Waals surface area contributed by atoms with E-state index >= 15 is 0 Å². The van der Waals surface area contributed by atoms with E-state index in [1.807, 2.05) is 0 Å². The molecule has 1 rings (SSSR count). The van der Waals surface area contributed by atoms with Gasteiger partial charge in [0.2, 0.25) is 5.91 Å². The van der Waals surface area contributed by atoms with Crippen molar-refractivity contribution in [2.75, 3.05) is 0 Å². The molecule has 0 aliphatic carbocycles. The van der Waals surface area contributed by atoms with Gasteiger partial charge in [-0.25, -0.2) is 0 Å². The molecule has 0 atom stereocenters. The lowest BCUT2D eigenvalue weighted by Gasteiger charge is -1.94. The van der Waals surface area contributed by atoms with Gasteiger partial charge < -0.3 is 4.42 Å². The van der Waals surface area contributed by atoms with Crippen molar-refractivity contribution in [3.63, 3.8) is 0 Å². The molecule has 0 unspecified atom stereocenters. The number of nitrogens with zero attached hydrogens (tertiary/aromatic N) is 6. The molecule has 0 fully saturated rings. The SMILES string of the molecule is [N-]=[N+]=NC(=O)Cc1occc1C(=O)N=[N+]=[N-]. The molecule has 1 aromatic heterocycles. The number of carbonyl (C=O) groups is 2. The van der Waals surface area contributed by atoms with Crippen LogP contribution >= 0.6 is 0 Å². The van der Waals surface area contributed by atoms with Gasteiger partial charge in [0.05, 0.1) is 18.2 Å². The Morgan fingerprint density at radius 3 is 2.62 bits per heavy atom. The summed E-state index contributed by atoms with van der Waals surface area (Å²) >= 11 is 0. The van der Waals surface area contributed by atoms with Crippen molar-refractivity contribution in [2.24, 2.45) is 10.2 Å². The molecule has 0 aliphatic heterocycles. The van der Waals surface area contributed by atoms with E-state index in [0.29, 0.717) is 0 Å². The second-order valence-corrected chi connectivity index (χ2v) is 2.51. The van der Waals surface area contributed by atoms with Crippen molar-refractivity contribution in [1.82, 2.24) is 0 Å². The number of furan rings is 1. The summed E-state index contributed by atoms with van der Waals surface area (Å²) in [4.78, 5) is 26.7. The molecule has 0 saturated heterocycles. The van der Waals surface area contributed by atoms with Crippen LogP contribution in [0.15, 0.2) is 27.0 Å². The Balaban J connectivity index is 2.94. The van der Waals surface area contributed by atoms with Crippen LogP contribution in [0.2, 0.25) is 0 Å². The fourth-order valence-corrected chi connectivity index (χ4v) is 0.985. The molecule has 0 spiro atoms. The maximum atomic E-state index is 11.2. The molecule has 0 radical (unpaired) electrons. The lowest BCUT2D eigenvalue weighted by Crippen LogP contribution is -2.02. The number of amides is 2. The predicted octanol–water partition coefficient (Wildman–Crippen LogP) is 2.11. The molecular weight excluding hydrogens is 216 g/mol. The summed E-state index contributed by atoms with van der Waals surface area (Å²) in [5.41, 5.74) is 16.0. The van der Waals surface area contributed by atoms with Gasteiger partial charge in [0.15, 0.2) is 0 Å². The van der Waals surface area contributed by atoms with E-state index < -0.39 is 11.8 Å². The van der Waals surface area contributed by atoms with Crippen molar-refractivity contribution in [3.8, 4) is 0 Å². The summed E-state index contributed by atoms with van der Waals surface area (Å²) < 4.78 is 4.84. The monoisotopic (exact) mass is 220 g/mol. The minimum Gasteiger partial charge on any atom is -0.468 e. The highest BCUT2D eigenvalue weighted by molar-refractivity contribution is 5.96. The second kappa shape index (κ2) is 5.20. The van der Waals surface area contributed by atoms with Crippen molar-refractivity contribution in [2.45, 2.75) is 6.42 Å². The van der Waals surface area contributed by atoms with E-state index in [-0.39, 0.29) is 17.7 Å². The van der Waals surface area contributed by atoms with Crippen LogP contribution < -0.4 is 0 Å². The molecular formula is C7H4N6O3. The minimum atomic E-state index is -0.861. The molecule has 1 aromatic rings. The zero-order valence-corrected chi connectivity index (χ0v) is 7.77. The summed E-state index contributed by atoms with van der Waals surface area (Å²) in [5, 5.41) is 5.66. The Morgan fingerprint density at radius 1 is 1.31 bits per heavy atom. The normalized spacial score (nSPS) is 8.75. The third-order valence-corrected chi connectivity index (χ3v) is 1.58. The zero-order valence-electron chi connectivity index (χ0n) is 7.77. The first-order valence-electron chi connectivity index (χ1n) is 3.92. The van der Waals surface area contributed by atoms with E-state index in [0.717, 1.165) is 0 Å². The average molecular weight is 220 g/mol. The molecule has 16 heavy (non-hydrogen) atoms.